The van der Waals surface area contributed by atoms with Crippen LogP contribution in [0.2, 0.25) is 10.2 Å². The van der Waals surface area contributed by atoms with Crippen LogP contribution in [-0.2, 0) is 6.54 Å². The fourth-order valence-corrected chi connectivity index (χ4v) is 2.91. The molecule has 0 fully saturated rings. The molecule has 0 saturated heterocycles. The first kappa shape index (κ1) is 9.25. The summed E-state index contributed by atoms with van der Waals surface area (Å²) >= 11 is 13.7. The van der Waals surface area contributed by atoms with Gasteiger partial charge >= 0.3 is 0 Å². The number of aromatic nitrogens is 1. The van der Waals surface area contributed by atoms with E-state index in [4.69, 9.17) is 23.2 Å². The second-order valence-corrected chi connectivity index (χ2v) is 4.57. The molecule has 4 heteroatoms. The summed E-state index contributed by atoms with van der Waals surface area (Å²) in [4.78, 5) is 0. The van der Waals surface area contributed by atoms with E-state index in [2.05, 4.69) is 6.92 Å². The molecule has 0 N–H and O–H groups in total. The Morgan fingerprint density at radius 1 is 1.38 bits per heavy atom. The summed E-state index contributed by atoms with van der Waals surface area (Å²) < 4.78 is 3.18. The maximum atomic E-state index is 6.14. The second-order valence-electron chi connectivity index (χ2n) is 2.72. The molecular formula is C9H8Cl2NS+. The highest BCUT2D eigenvalue weighted by Gasteiger charge is 2.16. The molecule has 68 valence electrons. The molecule has 1 aromatic carbocycles. The maximum Gasteiger partial charge on any atom is 0.297 e. The smallest absolute Gasteiger partial charge is 0.123 e. The topological polar surface area (TPSA) is 3.88 Å². The van der Waals surface area contributed by atoms with E-state index in [9.17, 15) is 0 Å². The molecule has 2 aromatic rings. The molecule has 0 amide bonds. The Balaban J connectivity index is 2.76. The first-order valence-electron chi connectivity index (χ1n) is 4.00. The van der Waals surface area contributed by atoms with Crippen molar-refractivity contribution < 1.29 is 3.96 Å². The maximum absolute atomic E-state index is 6.14. The molecule has 0 aliphatic carbocycles. The Labute approximate surface area is 90.7 Å². The summed E-state index contributed by atoms with van der Waals surface area (Å²) in [6.45, 7) is 2.97. The summed E-state index contributed by atoms with van der Waals surface area (Å²) in [7, 11) is 0. The quantitative estimate of drug-likeness (QED) is 0.663. The number of fused-ring (bicyclic) bond motifs is 1. The highest BCUT2D eigenvalue weighted by Crippen LogP contribution is 2.27. The highest BCUT2D eigenvalue weighted by atomic mass is 35.5. The number of rotatable bonds is 1. The van der Waals surface area contributed by atoms with Gasteiger partial charge < -0.3 is 0 Å². The fraction of sp³-hybridized carbons (Fsp3) is 0.222. The van der Waals surface area contributed by atoms with Crippen LogP contribution in [0, 0.1) is 0 Å². The monoisotopic (exact) mass is 232 g/mol. The number of halogens is 2. The molecule has 1 aromatic heterocycles. The zero-order chi connectivity index (χ0) is 9.42. The van der Waals surface area contributed by atoms with Crippen molar-refractivity contribution in [3.8, 4) is 0 Å². The van der Waals surface area contributed by atoms with Crippen LogP contribution in [0.3, 0.4) is 0 Å². The Morgan fingerprint density at radius 2 is 2.15 bits per heavy atom. The van der Waals surface area contributed by atoms with Crippen molar-refractivity contribution >= 4 is 44.8 Å². The van der Waals surface area contributed by atoms with Crippen LogP contribution in [0.5, 0.6) is 0 Å². The Bertz CT molecular complexity index is 450. The lowest BCUT2D eigenvalue weighted by Gasteiger charge is -1.85. The van der Waals surface area contributed by atoms with E-state index in [-0.39, 0.29) is 0 Å². The van der Waals surface area contributed by atoms with Crippen LogP contribution >= 0.6 is 34.7 Å². The van der Waals surface area contributed by atoms with E-state index in [1.807, 2.05) is 22.2 Å². The van der Waals surface area contributed by atoms with Crippen LogP contribution in [0.1, 0.15) is 6.92 Å². The van der Waals surface area contributed by atoms with Gasteiger partial charge in [-0.1, -0.05) is 11.6 Å². The molecule has 0 saturated carbocycles. The molecule has 2 rings (SSSR count). The predicted molar refractivity (Wildman–Crippen MR) is 57.7 cm³/mol. The van der Waals surface area contributed by atoms with Gasteiger partial charge in [0, 0.05) is 5.02 Å². The summed E-state index contributed by atoms with van der Waals surface area (Å²) in [6, 6.07) is 5.77. The molecule has 0 bridgehead atoms. The molecule has 1 nitrogen and oxygen atoms in total. The van der Waals surface area contributed by atoms with Gasteiger partial charge in [0.2, 0.25) is 0 Å². The van der Waals surface area contributed by atoms with Gasteiger partial charge in [-0.15, -0.1) is 3.96 Å². The third kappa shape index (κ3) is 1.54. The molecule has 0 unspecified atom stereocenters. The Hall–Kier alpha value is -0.310. The van der Waals surface area contributed by atoms with Gasteiger partial charge in [0.15, 0.2) is 6.54 Å². The van der Waals surface area contributed by atoms with Gasteiger partial charge in [-0.2, -0.15) is 0 Å². The van der Waals surface area contributed by atoms with Crippen LogP contribution in [0.15, 0.2) is 18.2 Å². The van der Waals surface area contributed by atoms with E-state index in [1.165, 1.54) is 0 Å². The minimum absolute atomic E-state index is 0.758. The molecule has 0 spiro atoms. The number of hydrogen-bond acceptors (Lipinski definition) is 1. The minimum Gasteiger partial charge on any atom is -0.123 e. The van der Waals surface area contributed by atoms with Crippen LogP contribution in [0.4, 0.5) is 0 Å². The number of aryl methyl sites for hydroxylation is 1. The van der Waals surface area contributed by atoms with Crippen molar-refractivity contribution in [3.63, 3.8) is 0 Å². The second kappa shape index (κ2) is 3.45. The van der Waals surface area contributed by atoms with E-state index >= 15 is 0 Å². The van der Waals surface area contributed by atoms with Crippen LogP contribution in [-0.4, -0.2) is 0 Å². The van der Waals surface area contributed by atoms with Crippen molar-refractivity contribution in [2.45, 2.75) is 13.5 Å². The molecule has 0 aliphatic rings. The zero-order valence-electron chi connectivity index (χ0n) is 7.05. The normalized spacial score (nSPS) is 11.0. The van der Waals surface area contributed by atoms with E-state index in [1.54, 1.807) is 11.5 Å². The minimum atomic E-state index is 0.758. The van der Waals surface area contributed by atoms with Gasteiger partial charge in [0.1, 0.15) is 16.2 Å². The lowest BCUT2D eigenvalue weighted by Crippen LogP contribution is -2.27. The predicted octanol–water partition coefficient (Wildman–Crippen LogP) is 3.52. The lowest BCUT2D eigenvalue weighted by atomic mass is 10.3. The standard InChI is InChI=1S/C9H8Cl2NS/c1-2-12-9(11)7-4-3-6(10)5-8(7)13-12/h3-5H,2H2,1H3/q+1. The zero-order valence-corrected chi connectivity index (χ0v) is 9.38. The fourth-order valence-electron chi connectivity index (χ4n) is 1.24. The van der Waals surface area contributed by atoms with Crippen molar-refractivity contribution in [1.29, 1.82) is 0 Å². The molecule has 1 heterocycles. The summed E-state index contributed by atoms with van der Waals surface area (Å²) in [5.41, 5.74) is 0. The Morgan fingerprint density at radius 3 is 2.85 bits per heavy atom. The number of benzene rings is 1. The highest BCUT2D eigenvalue weighted by molar-refractivity contribution is 7.10. The van der Waals surface area contributed by atoms with Gasteiger partial charge in [0.25, 0.3) is 5.15 Å². The molecule has 0 atom stereocenters. The van der Waals surface area contributed by atoms with Crippen molar-refractivity contribution in [1.82, 2.24) is 0 Å². The van der Waals surface area contributed by atoms with E-state index < -0.39 is 0 Å². The van der Waals surface area contributed by atoms with E-state index in [0.29, 0.717) is 0 Å². The van der Waals surface area contributed by atoms with Crippen molar-refractivity contribution in [2.75, 3.05) is 0 Å². The Kier molecular flexibility index (Phi) is 2.45. The average molecular weight is 233 g/mol. The SMILES string of the molecule is CC[n+]1sc2cc(Cl)ccc2c1Cl. The van der Waals surface area contributed by atoms with Crippen molar-refractivity contribution in [2.24, 2.45) is 0 Å². The molecule has 13 heavy (non-hydrogen) atoms. The molecule has 0 aliphatic heterocycles. The summed E-state index contributed by atoms with van der Waals surface area (Å²) in [5.74, 6) is 0. The van der Waals surface area contributed by atoms with Gasteiger partial charge in [-0.05, 0) is 36.7 Å². The number of hydrogen-bond donors (Lipinski definition) is 0. The van der Waals surface area contributed by atoms with Gasteiger partial charge in [-0.25, -0.2) is 0 Å². The summed E-state index contributed by atoms with van der Waals surface area (Å²) in [6.07, 6.45) is 0. The third-order valence-electron chi connectivity index (χ3n) is 1.88. The van der Waals surface area contributed by atoms with Gasteiger partial charge in [-0.3, -0.25) is 0 Å². The van der Waals surface area contributed by atoms with Crippen LogP contribution in [0.25, 0.3) is 10.1 Å². The van der Waals surface area contributed by atoms with Crippen molar-refractivity contribution in [3.05, 3.63) is 28.4 Å². The first-order chi connectivity index (χ1) is 6.22. The average Bonchev–Trinajstić information content (AvgIpc) is 2.42. The number of nitrogens with zero attached hydrogens (tertiary/aromatic N) is 1. The molecular weight excluding hydrogens is 225 g/mol. The van der Waals surface area contributed by atoms with Crippen LogP contribution < -0.4 is 3.96 Å². The largest absolute Gasteiger partial charge is 0.297 e. The first-order valence-corrected chi connectivity index (χ1v) is 5.53. The summed E-state index contributed by atoms with van der Waals surface area (Å²) in [5, 5.41) is 2.64. The molecule has 0 radical (unpaired) electrons. The van der Waals surface area contributed by atoms with Gasteiger partial charge in [0.05, 0.1) is 5.39 Å². The lowest BCUT2D eigenvalue weighted by molar-refractivity contribution is -0.621. The van der Waals surface area contributed by atoms with E-state index in [0.717, 1.165) is 26.8 Å². The third-order valence-corrected chi connectivity index (χ3v) is 3.82.